The fourth-order valence-corrected chi connectivity index (χ4v) is 1.13. The fourth-order valence-electron chi connectivity index (χ4n) is 1.13. The normalized spacial score (nSPS) is 10.1. The van der Waals surface area contributed by atoms with Crippen molar-refractivity contribution >= 4 is 5.70 Å². The highest BCUT2D eigenvalue weighted by Gasteiger charge is 2.03. The van der Waals surface area contributed by atoms with Gasteiger partial charge in [0.2, 0.25) is 0 Å². The van der Waals surface area contributed by atoms with E-state index in [1.165, 1.54) is 0 Å². The van der Waals surface area contributed by atoms with Gasteiger partial charge >= 0.3 is 0 Å². The molecule has 0 saturated heterocycles. The molecule has 0 spiro atoms. The van der Waals surface area contributed by atoms with Crippen LogP contribution in [0.15, 0.2) is 12.8 Å². The molecule has 2 N–H and O–H groups in total. The summed E-state index contributed by atoms with van der Waals surface area (Å²) in [6.07, 6.45) is 1.82. The summed E-state index contributed by atoms with van der Waals surface area (Å²) in [5.41, 5.74) is 7.42. The van der Waals surface area contributed by atoms with Crippen LogP contribution in [0.1, 0.15) is 11.5 Å². The molecule has 1 heterocycles. The van der Waals surface area contributed by atoms with E-state index < -0.39 is 0 Å². The average Bonchev–Trinajstić information content (AvgIpc) is 2.30. The van der Waals surface area contributed by atoms with E-state index >= 15 is 0 Å². The van der Waals surface area contributed by atoms with Crippen LogP contribution >= 0.6 is 0 Å². The van der Waals surface area contributed by atoms with Crippen molar-refractivity contribution in [2.45, 2.75) is 13.8 Å². The maximum atomic E-state index is 5.45. The molecule has 0 aliphatic carbocycles. The van der Waals surface area contributed by atoms with Crippen molar-refractivity contribution in [1.82, 2.24) is 9.55 Å². The minimum atomic E-state index is 0.470. The Hall–Kier alpha value is -1.09. The lowest BCUT2D eigenvalue weighted by atomic mass is 10.4. The van der Waals surface area contributed by atoms with Crippen LogP contribution in [0.2, 0.25) is 0 Å². The summed E-state index contributed by atoms with van der Waals surface area (Å²) in [4.78, 5) is 4.13. The van der Waals surface area contributed by atoms with Crippen LogP contribution in [0.25, 0.3) is 5.70 Å². The highest BCUT2D eigenvalue weighted by molar-refractivity contribution is 5.45. The Kier molecular flexibility index (Phi) is 2.10. The molecule has 0 unspecified atom stereocenters. The zero-order valence-corrected chi connectivity index (χ0v) is 6.96. The highest BCUT2D eigenvalue weighted by Crippen LogP contribution is 2.08. The zero-order valence-electron chi connectivity index (χ0n) is 6.96. The molecule has 1 aromatic heterocycles. The Morgan fingerprint density at radius 3 is 2.73 bits per heavy atom. The van der Waals surface area contributed by atoms with E-state index in [4.69, 9.17) is 5.73 Å². The third-order valence-electron chi connectivity index (χ3n) is 1.67. The smallest absolute Gasteiger partial charge is 0.110 e. The van der Waals surface area contributed by atoms with Crippen molar-refractivity contribution in [2.75, 3.05) is 6.54 Å². The quantitative estimate of drug-likeness (QED) is 0.683. The maximum Gasteiger partial charge on any atom is 0.110 e. The third kappa shape index (κ3) is 1.33. The van der Waals surface area contributed by atoms with Crippen molar-refractivity contribution < 1.29 is 0 Å². The Morgan fingerprint density at radius 2 is 2.36 bits per heavy atom. The average molecular weight is 151 g/mol. The number of nitrogens with two attached hydrogens (primary N) is 1. The first-order chi connectivity index (χ1) is 5.16. The minimum Gasteiger partial charge on any atom is -0.325 e. The van der Waals surface area contributed by atoms with Crippen molar-refractivity contribution in [3.8, 4) is 0 Å². The molecule has 0 fully saturated rings. The highest BCUT2D eigenvalue weighted by atomic mass is 15.1. The molecule has 11 heavy (non-hydrogen) atoms. The minimum absolute atomic E-state index is 0.470. The number of rotatable bonds is 2. The van der Waals surface area contributed by atoms with E-state index in [0.29, 0.717) is 6.54 Å². The van der Waals surface area contributed by atoms with Gasteiger partial charge in [0.05, 0.1) is 0 Å². The van der Waals surface area contributed by atoms with E-state index in [1.54, 1.807) is 0 Å². The van der Waals surface area contributed by atoms with Crippen molar-refractivity contribution in [3.05, 3.63) is 24.3 Å². The molecule has 0 amide bonds. The summed E-state index contributed by atoms with van der Waals surface area (Å²) < 4.78 is 1.96. The Morgan fingerprint density at radius 1 is 1.73 bits per heavy atom. The summed E-state index contributed by atoms with van der Waals surface area (Å²) in [7, 11) is 0. The third-order valence-corrected chi connectivity index (χ3v) is 1.67. The summed E-state index contributed by atoms with van der Waals surface area (Å²) in [5.74, 6) is 0.943. The summed E-state index contributed by atoms with van der Waals surface area (Å²) in [6.45, 7) is 8.23. The second-order valence-corrected chi connectivity index (χ2v) is 2.55. The molecule has 0 bridgehead atoms. The number of hydrogen-bond donors (Lipinski definition) is 1. The van der Waals surface area contributed by atoms with Crippen molar-refractivity contribution in [3.63, 3.8) is 0 Å². The SMILES string of the molecule is C=C(CN)n1c(C)cnc1C. The largest absolute Gasteiger partial charge is 0.325 e. The Bertz CT molecular complexity index is 253. The summed E-state index contributed by atoms with van der Waals surface area (Å²) >= 11 is 0. The topological polar surface area (TPSA) is 43.8 Å². The van der Waals surface area contributed by atoms with Crippen LogP contribution in [0.3, 0.4) is 0 Å². The second-order valence-electron chi connectivity index (χ2n) is 2.55. The van der Waals surface area contributed by atoms with Crippen LogP contribution in [-0.2, 0) is 0 Å². The van der Waals surface area contributed by atoms with Crippen LogP contribution in [0, 0.1) is 13.8 Å². The molecule has 0 radical (unpaired) electrons. The lowest BCUT2D eigenvalue weighted by Crippen LogP contribution is -2.10. The first kappa shape index (κ1) is 8.01. The van der Waals surface area contributed by atoms with Gasteiger partial charge in [0.15, 0.2) is 0 Å². The van der Waals surface area contributed by atoms with Gasteiger partial charge in [-0.25, -0.2) is 4.98 Å². The Labute approximate surface area is 66.5 Å². The predicted molar refractivity (Wildman–Crippen MR) is 46.1 cm³/mol. The number of aromatic nitrogens is 2. The number of aryl methyl sites for hydroxylation is 2. The molecule has 0 aliphatic heterocycles. The lowest BCUT2D eigenvalue weighted by molar-refractivity contribution is 0.933. The molecule has 0 atom stereocenters. The molecule has 3 heteroatoms. The van der Waals surface area contributed by atoms with Crippen molar-refractivity contribution in [2.24, 2.45) is 5.73 Å². The predicted octanol–water partition coefficient (Wildman–Crippen LogP) is 0.929. The van der Waals surface area contributed by atoms with Gasteiger partial charge in [-0.3, -0.25) is 0 Å². The molecule has 3 nitrogen and oxygen atoms in total. The molecular formula is C8H13N3. The molecule has 0 aliphatic rings. The van der Waals surface area contributed by atoms with Gasteiger partial charge in [0, 0.05) is 24.1 Å². The van der Waals surface area contributed by atoms with Gasteiger partial charge < -0.3 is 10.3 Å². The van der Waals surface area contributed by atoms with Gasteiger partial charge in [0.1, 0.15) is 5.82 Å². The molecule has 1 aromatic rings. The van der Waals surface area contributed by atoms with Crippen LogP contribution < -0.4 is 5.73 Å². The maximum absolute atomic E-state index is 5.45. The van der Waals surface area contributed by atoms with Crippen LogP contribution in [0.4, 0.5) is 0 Å². The Balaban J connectivity index is 3.10. The lowest BCUT2D eigenvalue weighted by Gasteiger charge is -2.07. The molecule has 0 aromatic carbocycles. The van der Waals surface area contributed by atoms with E-state index in [0.717, 1.165) is 17.2 Å². The summed E-state index contributed by atoms with van der Waals surface area (Å²) in [5, 5.41) is 0. The van der Waals surface area contributed by atoms with Gasteiger partial charge in [-0.15, -0.1) is 0 Å². The van der Waals surface area contributed by atoms with Gasteiger partial charge in [-0.2, -0.15) is 0 Å². The van der Waals surface area contributed by atoms with E-state index in [-0.39, 0.29) is 0 Å². The standard InChI is InChI=1S/C8H13N3/c1-6(4-9)11-7(2)5-10-8(11)3/h5H,1,4,9H2,2-3H3. The first-order valence-corrected chi connectivity index (χ1v) is 3.56. The van der Waals surface area contributed by atoms with E-state index in [9.17, 15) is 0 Å². The molecule has 60 valence electrons. The molecule has 0 saturated carbocycles. The second kappa shape index (κ2) is 2.88. The molecular weight excluding hydrogens is 138 g/mol. The molecule has 1 rings (SSSR count). The first-order valence-electron chi connectivity index (χ1n) is 3.56. The summed E-state index contributed by atoms with van der Waals surface area (Å²) in [6, 6.07) is 0. The van der Waals surface area contributed by atoms with Crippen LogP contribution in [0.5, 0.6) is 0 Å². The fraction of sp³-hybridized carbons (Fsp3) is 0.375. The van der Waals surface area contributed by atoms with Gasteiger partial charge in [-0.1, -0.05) is 6.58 Å². The number of nitrogens with zero attached hydrogens (tertiary/aromatic N) is 2. The number of hydrogen-bond acceptors (Lipinski definition) is 2. The van der Waals surface area contributed by atoms with Gasteiger partial charge in [0.25, 0.3) is 0 Å². The monoisotopic (exact) mass is 151 g/mol. The van der Waals surface area contributed by atoms with Crippen molar-refractivity contribution in [1.29, 1.82) is 0 Å². The van der Waals surface area contributed by atoms with Gasteiger partial charge in [-0.05, 0) is 13.8 Å². The van der Waals surface area contributed by atoms with Crippen LogP contribution in [-0.4, -0.2) is 16.1 Å². The van der Waals surface area contributed by atoms with E-state index in [1.807, 2.05) is 24.6 Å². The zero-order chi connectivity index (χ0) is 8.43. The van der Waals surface area contributed by atoms with E-state index in [2.05, 4.69) is 11.6 Å². The number of imidazole rings is 1.